The molecule has 4 nitrogen and oxygen atoms in total. The minimum atomic E-state index is -0.494. The molecule has 0 heterocycles. The summed E-state index contributed by atoms with van der Waals surface area (Å²) < 4.78 is 5.23. The Morgan fingerprint density at radius 3 is 2.84 bits per heavy atom. The van der Waals surface area contributed by atoms with Gasteiger partial charge in [-0.2, -0.15) is 4.89 Å². The number of carbonyl (C=O) groups is 1. The van der Waals surface area contributed by atoms with E-state index in [-0.39, 0.29) is 0 Å². The Labute approximate surface area is 114 Å². The van der Waals surface area contributed by atoms with E-state index < -0.39 is 5.97 Å². The molecule has 0 amide bonds. The molecule has 0 saturated heterocycles. The molecule has 4 heteroatoms. The van der Waals surface area contributed by atoms with Gasteiger partial charge in [-0.1, -0.05) is 31.0 Å². The molecule has 0 aliphatic heterocycles. The number of hydrogen-bond acceptors (Lipinski definition) is 4. The maximum absolute atomic E-state index is 11.7. The van der Waals surface area contributed by atoms with Crippen molar-refractivity contribution < 1.29 is 19.3 Å². The van der Waals surface area contributed by atoms with Gasteiger partial charge in [0, 0.05) is 6.61 Å². The smallest absolute Gasteiger partial charge is 0.373 e. The number of hydrogen-bond donors (Lipinski definition) is 0. The van der Waals surface area contributed by atoms with Gasteiger partial charge >= 0.3 is 5.97 Å². The van der Waals surface area contributed by atoms with Crippen LogP contribution < -0.4 is 0 Å². The third-order valence-corrected chi connectivity index (χ3v) is 2.63. The summed E-state index contributed by atoms with van der Waals surface area (Å²) in [7, 11) is 0. The minimum absolute atomic E-state index is 0.306. The van der Waals surface area contributed by atoms with E-state index in [9.17, 15) is 4.79 Å². The van der Waals surface area contributed by atoms with E-state index in [0.29, 0.717) is 18.8 Å². The van der Waals surface area contributed by atoms with Crippen LogP contribution in [-0.4, -0.2) is 19.2 Å². The fraction of sp³-hybridized carbons (Fsp3) is 0.467. The van der Waals surface area contributed by atoms with E-state index in [0.717, 1.165) is 24.0 Å². The summed E-state index contributed by atoms with van der Waals surface area (Å²) in [5.74, 6) is -0.494. The Hall–Kier alpha value is -1.39. The van der Waals surface area contributed by atoms with Crippen molar-refractivity contribution in [1.82, 2.24) is 0 Å². The van der Waals surface area contributed by atoms with Gasteiger partial charge in [0.25, 0.3) is 0 Å². The molecular formula is C15H21O4. The van der Waals surface area contributed by atoms with Gasteiger partial charge < -0.3 is 4.74 Å². The molecule has 0 atom stereocenters. The SMILES string of the molecule is CCCCOC[CH]OOC(=O)c1cc(C)ccc1C. The maximum atomic E-state index is 11.7. The summed E-state index contributed by atoms with van der Waals surface area (Å²) >= 11 is 0. The van der Waals surface area contributed by atoms with Crippen LogP contribution in [0.2, 0.25) is 0 Å². The van der Waals surface area contributed by atoms with Crippen molar-refractivity contribution in [2.75, 3.05) is 13.2 Å². The van der Waals surface area contributed by atoms with Crippen LogP contribution in [0.4, 0.5) is 0 Å². The molecule has 1 rings (SSSR count). The Kier molecular flexibility index (Phi) is 7.15. The Balaban J connectivity index is 2.26. The fourth-order valence-corrected chi connectivity index (χ4v) is 1.48. The fourth-order valence-electron chi connectivity index (χ4n) is 1.48. The van der Waals surface area contributed by atoms with Crippen molar-refractivity contribution >= 4 is 5.97 Å². The summed E-state index contributed by atoms with van der Waals surface area (Å²) in [6.45, 7) is 8.19. The highest BCUT2D eigenvalue weighted by atomic mass is 17.2. The van der Waals surface area contributed by atoms with E-state index in [1.807, 2.05) is 26.0 Å². The summed E-state index contributed by atoms with van der Waals surface area (Å²) in [6, 6.07) is 5.60. The van der Waals surface area contributed by atoms with Crippen LogP contribution in [0.25, 0.3) is 0 Å². The molecular weight excluding hydrogens is 244 g/mol. The number of unbranched alkanes of at least 4 members (excludes halogenated alkanes) is 1. The van der Waals surface area contributed by atoms with Crippen LogP contribution in [0.3, 0.4) is 0 Å². The second-order valence-corrected chi connectivity index (χ2v) is 4.38. The van der Waals surface area contributed by atoms with E-state index in [4.69, 9.17) is 14.5 Å². The Bertz CT molecular complexity index is 401. The molecule has 105 valence electrons. The molecule has 0 spiro atoms. The summed E-state index contributed by atoms with van der Waals surface area (Å²) in [4.78, 5) is 21.2. The van der Waals surface area contributed by atoms with Crippen LogP contribution >= 0.6 is 0 Å². The lowest BCUT2D eigenvalue weighted by Gasteiger charge is -2.06. The van der Waals surface area contributed by atoms with Gasteiger partial charge in [-0.25, -0.2) is 4.79 Å². The molecule has 0 saturated carbocycles. The van der Waals surface area contributed by atoms with Crippen LogP contribution in [0.15, 0.2) is 18.2 Å². The molecule has 0 fully saturated rings. The number of carbonyl (C=O) groups excluding carboxylic acids is 1. The lowest BCUT2D eigenvalue weighted by Crippen LogP contribution is -2.09. The van der Waals surface area contributed by atoms with Crippen LogP contribution in [0, 0.1) is 20.5 Å². The first-order valence-corrected chi connectivity index (χ1v) is 6.49. The van der Waals surface area contributed by atoms with Crippen LogP contribution in [0.5, 0.6) is 0 Å². The lowest BCUT2D eigenvalue weighted by molar-refractivity contribution is -0.218. The van der Waals surface area contributed by atoms with Gasteiger partial charge in [0.2, 0.25) is 0 Å². The third kappa shape index (κ3) is 5.85. The van der Waals surface area contributed by atoms with E-state index >= 15 is 0 Å². The lowest BCUT2D eigenvalue weighted by atomic mass is 10.1. The largest absolute Gasteiger partial charge is 0.378 e. The standard InChI is InChI=1S/C15H21O4/c1-4-5-8-17-9-10-18-19-15(16)14-11-12(2)6-7-13(14)3/h6-7,10-11H,4-5,8-9H2,1-3H3. The Morgan fingerprint density at radius 1 is 1.32 bits per heavy atom. The highest BCUT2D eigenvalue weighted by Gasteiger charge is 2.11. The average molecular weight is 265 g/mol. The third-order valence-electron chi connectivity index (χ3n) is 2.63. The zero-order chi connectivity index (χ0) is 14.1. The Morgan fingerprint density at radius 2 is 2.11 bits per heavy atom. The van der Waals surface area contributed by atoms with Crippen LogP contribution in [0.1, 0.15) is 41.3 Å². The quantitative estimate of drug-likeness (QED) is 0.410. The van der Waals surface area contributed by atoms with Crippen molar-refractivity contribution in [1.29, 1.82) is 0 Å². The monoisotopic (exact) mass is 265 g/mol. The minimum Gasteiger partial charge on any atom is -0.378 e. The zero-order valence-corrected chi connectivity index (χ0v) is 11.8. The molecule has 19 heavy (non-hydrogen) atoms. The van der Waals surface area contributed by atoms with Gasteiger partial charge in [-0.3, -0.25) is 4.89 Å². The molecule has 0 N–H and O–H groups in total. The van der Waals surface area contributed by atoms with Crippen molar-refractivity contribution in [3.63, 3.8) is 0 Å². The van der Waals surface area contributed by atoms with Crippen molar-refractivity contribution in [3.8, 4) is 0 Å². The maximum Gasteiger partial charge on any atom is 0.373 e. The molecule has 0 aliphatic rings. The molecule has 0 unspecified atom stereocenters. The predicted octanol–water partition coefficient (Wildman–Crippen LogP) is 3.37. The van der Waals surface area contributed by atoms with Gasteiger partial charge in [0.15, 0.2) is 6.61 Å². The van der Waals surface area contributed by atoms with E-state index in [1.54, 1.807) is 6.07 Å². The molecule has 0 aliphatic carbocycles. The normalized spacial score (nSPS) is 10.5. The first-order chi connectivity index (χ1) is 9.15. The van der Waals surface area contributed by atoms with Gasteiger partial charge in [-0.05, 0) is 31.9 Å². The summed E-state index contributed by atoms with van der Waals surface area (Å²) in [5, 5.41) is 0. The van der Waals surface area contributed by atoms with E-state index in [2.05, 4.69) is 6.92 Å². The summed E-state index contributed by atoms with van der Waals surface area (Å²) in [5.41, 5.74) is 2.38. The van der Waals surface area contributed by atoms with Gasteiger partial charge in [0.1, 0.15) is 0 Å². The van der Waals surface area contributed by atoms with Gasteiger partial charge in [-0.15, -0.1) is 0 Å². The summed E-state index contributed by atoms with van der Waals surface area (Å²) in [6.07, 6.45) is 2.10. The number of rotatable bonds is 8. The highest BCUT2D eigenvalue weighted by Crippen LogP contribution is 2.12. The van der Waals surface area contributed by atoms with Crippen LogP contribution in [-0.2, 0) is 14.5 Å². The van der Waals surface area contributed by atoms with Crippen molar-refractivity contribution in [2.24, 2.45) is 0 Å². The second-order valence-electron chi connectivity index (χ2n) is 4.38. The topological polar surface area (TPSA) is 44.8 Å². The number of ether oxygens (including phenoxy) is 1. The molecule has 1 radical (unpaired) electrons. The van der Waals surface area contributed by atoms with Crippen molar-refractivity contribution in [3.05, 3.63) is 41.5 Å². The average Bonchev–Trinajstić information content (AvgIpc) is 2.40. The van der Waals surface area contributed by atoms with Crippen molar-refractivity contribution in [2.45, 2.75) is 33.6 Å². The van der Waals surface area contributed by atoms with E-state index in [1.165, 1.54) is 6.61 Å². The molecule has 1 aromatic carbocycles. The first kappa shape index (κ1) is 15.7. The second kappa shape index (κ2) is 8.67. The molecule has 1 aromatic rings. The number of benzene rings is 1. The highest BCUT2D eigenvalue weighted by molar-refractivity contribution is 5.90. The predicted molar refractivity (Wildman–Crippen MR) is 72.4 cm³/mol. The zero-order valence-electron chi connectivity index (χ0n) is 11.8. The number of aryl methyl sites for hydroxylation is 2. The first-order valence-electron chi connectivity index (χ1n) is 6.49. The molecule has 0 bridgehead atoms. The van der Waals surface area contributed by atoms with Gasteiger partial charge in [0.05, 0.1) is 12.2 Å². The molecule has 0 aromatic heterocycles.